The van der Waals surface area contributed by atoms with Crippen LogP contribution in [0.3, 0.4) is 0 Å². The van der Waals surface area contributed by atoms with Crippen LogP contribution in [0.1, 0.15) is 356 Å². The van der Waals surface area contributed by atoms with Crippen LogP contribution < -0.4 is 11.5 Å². The smallest absolute Gasteiger partial charge is 0.282 e. The van der Waals surface area contributed by atoms with Gasteiger partial charge in [0.15, 0.2) is 17.4 Å². The van der Waals surface area contributed by atoms with Gasteiger partial charge in [-0.2, -0.15) is 0 Å². The molecule has 0 saturated heterocycles. The Hall–Kier alpha value is -8.24. The Morgan fingerprint density at radius 1 is 0.730 bits per heavy atom. The first-order valence-corrected chi connectivity index (χ1v) is 24.8. The Bertz CT molecular complexity index is 3620. The first-order valence-electron chi connectivity index (χ1n) is 113. The molecule has 74 heavy (non-hydrogen) atoms. The van der Waals surface area contributed by atoms with E-state index >= 15 is 8.78 Å². The lowest BCUT2D eigenvalue weighted by Crippen LogP contribution is -2.52. The molecule has 1 saturated carbocycles. The predicted molar refractivity (Wildman–Crippen MR) is 461 cm³/mol. The highest BCUT2D eigenvalue weighted by Crippen LogP contribution is 2.54. The lowest BCUT2D eigenvalue weighted by atomic mass is 9.55. The van der Waals surface area contributed by atoms with E-state index in [2.05, 4.69) is 26.6 Å². The third-order valence-corrected chi connectivity index (χ3v) is 15.7. The molecular weight excluding hydrogens is 939 g/mol. The molecule has 1 unspecified atom stereocenters. The maximum atomic E-state index is 15.1. The monoisotopic (exact) mass is 1530 g/mol. The van der Waals surface area contributed by atoms with Crippen molar-refractivity contribution in [3.05, 3.63) is 165 Å². The summed E-state index contributed by atoms with van der Waals surface area (Å²) in [6.07, 6.45) is 9.17. The number of allylic oxidation sites excluding steroid dienone is 2. The number of carbonyl (C=O) groups is 4. The second-order valence-electron chi connectivity index (χ2n) is 20.2. The maximum Gasteiger partial charge on any atom is 0.282 e. The van der Waals surface area contributed by atoms with Gasteiger partial charge >= 0.3 is 0 Å². The first-order chi connectivity index (χ1) is 123. The second kappa shape index (κ2) is 20.3. The molecule has 16 heteroatoms. The zero-order valence-corrected chi connectivity index (χ0v) is 41.5. The molecule has 1 fully saturated rings. The molecule has 0 radical (unpaired) electrons. The molecule has 4 heterocycles. The summed E-state index contributed by atoms with van der Waals surface area (Å²) < 4.78 is 910. The molecule has 0 aliphatic heterocycles. The zero-order chi connectivity index (χ0) is 229. The van der Waals surface area contributed by atoms with E-state index < -0.39 is 28.7 Å². The Kier molecular flexibility index (Phi) is 2.90. The van der Waals surface area contributed by atoms with E-state index in [4.69, 9.17) is 306 Å². The summed E-state index contributed by atoms with van der Waals surface area (Å²) in [6.45, 7) is 23.1. The van der Waals surface area contributed by atoms with Gasteiger partial charge in [0, 0.05) is 362 Å². The highest BCUT2D eigenvalue weighted by Gasteiger charge is 2.56. The number of benzene rings is 2. The van der Waals surface area contributed by atoms with Gasteiger partial charge in [-0.15, -0.1) is 0 Å². The van der Waals surface area contributed by atoms with Crippen molar-refractivity contribution in [1.82, 2.24) is 29.9 Å². The first kappa shape index (κ1) is 10.5. The summed E-state index contributed by atoms with van der Waals surface area (Å²) in [5.41, 5.74) is 17.3. The Morgan fingerprint density at radius 3 is 1.73 bits per heavy atom. The number of halogens is 2. The number of aryl methyl sites for hydroxylation is 2. The SMILES string of the molecule is [3HH].[3H][3H].[3H][3H].[3H][3H].[3H][3H].[3H][3H].[3H][3H].[3H][3H].[3H][3H].[3H][3H].[3H][3H].[3H][3H].[3H][3H].[3H][3H].[3H][3H].[3H][3H].[3H][3H].[3H][3H].[3H][3H].[3H][3H].[3H][3H].[3H][3H].[3H][3H].[3H][3H].[3H][3H].[3H][3H].[3H][3H].[3H][3H].[3H][3H].[3H][3H].[3H][3H].[3H][3H].[3H][3H].[3H][3H].[3H][3H].[3H][3H].[3H][3H].[3H][3H].[3H][3H].[3H][3H].[3H][3H].[3H][3H].[3H][3H].[3H][3H].[3H][3H].[3H][3H].[3H][3H].[3H][3H].[3H][3H].[3H][3H].[3H][3H].[3H][3H].[3H][3H].[3H][3H].[3H][3H].[3H][3H].[3H][3H].[3H][3H].[3H][3H].[3H][3H].[3H][3H].[3H][3H].[3H][3H].[3H][3H].[3H][3H].[3H][3H].[3H][3H].[3H][3H].[3H][3H].[3H][3H].[3H][3H].[3H][3H].[3H][3H].[3H][3H].[3H][3H].[3H][3H].[3H][3H].[3H][3H].[3H][3H].[3H][3H].[3H][3H].[3H][3H].[3H][3H].[3H][3H].[3H][3H].[3H][3H].[3H][3H].[3H][3H].[3H][3H].[C-]#[N+]C1=C[C@@]2(C)c3nc(-c4ccnc(CCC(N)=O)c4)nc(-c4ccccc4F)c3CC[C@@H]2[C@@H](C)C1=O.[C-]#[N+]C1C[C@@]2(C)c3nc(-c4ccnc(CCC(N)=O)c4)nc(-c4ccccc4F)c3CC[C@@H]2[C@@H](C)C1=O. The number of hydrogen-bond acceptors (Lipinski definition) is 10. The predicted octanol–water partition coefficient (Wildman–Crippen LogP) is 31.0. The van der Waals surface area contributed by atoms with Gasteiger partial charge in [0.25, 0.3) is 6.04 Å². The lowest BCUT2D eigenvalue weighted by molar-refractivity contribution is -0.129. The van der Waals surface area contributed by atoms with Crippen LogP contribution in [0.2, 0.25) is 0 Å². The Labute approximate surface area is 700 Å². The van der Waals surface area contributed by atoms with Gasteiger partial charge in [0.05, 0.1) is 29.3 Å². The van der Waals surface area contributed by atoms with Crippen molar-refractivity contribution in [1.29, 1.82) is 0 Å². The third-order valence-electron chi connectivity index (χ3n) is 15.7. The molecule has 2 aromatic carbocycles. The van der Waals surface area contributed by atoms with Gasteiger partial charge in [0.1, 0.15) is 11.6 Å². The van der Waals surface area contributed by atoms with Crippen molar-refractivity contribution in [2.24, 2.45) is 35.1 Å². The molecule has 10 rings (SSSR count). The van der Waals surface area contributed by atoms with E-state index in [9.17, 15) is 19.2 Å². The van der Waals surface area contributed by atoms with Crippen LogP contribution in [0, 0.1) is 48.5 Å². The van der Waals surface area contributed by atoms with Crippen LogP contribution in [-0.4, -0.2) is 59.3 Å². The Morgan fingerprint density at radius 2 is 1.23 bits per heavy atom. The molecule has 7 atom stereocenters. The number of rotatable bonds is 10. The largest absolute Gasteiger partial charge is 0.370 e. The van der Waals surface area contributed by atoms with E-state index in [1.165, 1.54) is 12.1 Å². The fourth-order valence-electron chi connectivity index (χ4n) is 11.9. The molecule has 552 valence electrons. The number of ketones is 2. The standard InChI is InChI=1S/C29H28FN5O2.C29H26FN5O2.89H2/c2*1-16-21-10-9-20-25(19-6-4-5-7-22(19)30)34-28(17-12-13-33-18(14-17)8-11-24(31)36)35-27(20)29(21,2)15-23(32-3)26(16)37;;;;;;;;;;;;;;;;;;;;;;;;;;;;;;;;;;;;;;;;;;;;;;;;;;;;;;;;;;;;;;;;;;;;;;;;;;;;;;;;;;;;;;;;;/h4-7,12-14,16,21,23H,8-11,15H2,1-2H3,(H2,31,36);4-7,12-16,21H,8-11H2,1-2H3,(H2,31,36);89*1H/t16-,21-,23?,29-;16-,21-,29-;;;;;;;;;;;;;;;;;;;;;;;;;;;;;;;;;;;;;;;;;;;;;;;;;;;;;;;;;;;;;;;;;;;;;;;;;;;;;;;;;;;;;;;;;/m11........................................................................................./s1/i;;88*1+2T;1+2. The number of Topliss-reactive ketones (excluding diaryl/α,β-unsaturated/α-hetero) is 2. The summed E-state index contributed by atoms with van der Waals surface area (Å²) in [4.78, 5) is 83.9. The van der Waals surface area contributed by atoms with Crippen LogP contribution in [0.5, 0.6) is 0 Å². The van der Waals surface area contributed by atoms with Crippen LogP contribution in [0.25, 0.3) is 55.0 Å². The Balaban J connectivity index is -0.0000000159. The van der Waals surface area contributed by atoms with Crippen molar-refractivity contribution in [2.45, 2.75) is 102 Å². The number of hydrogen-bond donors (Lipinski definition) is 2. The maximum absolute atomic E-state index is 15.1. The molecule has 4 aliphatic rings. The molecule has 6 aromatic rings. The third kappa shape index (κ3) is 9.36. The molecule has 4 aromatic heterocycles. The summed E-state index contributed by atoms with van der Waals surface area (Å²) in [6, 6.07) is 19.6. The minimum Gasteiger partial charge on any atom is -0.370 e. The molecule has 4 aliphatic carbocycles. The molecular formula is C58H232F2N10O4. The summed E-state index contributed by atoms with van der Waals surface area (Å²) in [5, 5.41) is 0. The number of amides is 2. The van der Waals surface area contributed by atoms with Crippen LogP contribution in [0.4, 0.5) is 8.78 Å². The van der Waals surface area contributed by atoms with Crippen molar-refractivity contribution in [2.75, 3.05) is 0 Å². The lowest BCUT2D eigenvalue weighted by Gasteiger charge is -2.47. The normalized spacial score (nSPS) is 33.0. The zero-order valence-electron chi connectivity index (χ0n) is 218. The van der Waals surface area contributed by atoms with Crippen molar-refractivity contribution >= 4 is 23.4 Å². The number of pyridine rings is 2. The molecule has 14 nitrogen and oxygen atoms in total. The molecule has 2 amide bonds. The van der Waals surface area contributed by atoms with E-state index in [-0.39, 0.29) is 66.8 Å². The van der Waals surface area contributed by atoms with E-state index in [0.717, 1.165) is 23.2 Å². The highest BCUT2D eigenvalue weighted by molar-refractivity contribution is 6.00. The average Bonchev–Trinajstić information content (AvgIpc) is 0.718. The summed E-state index contributed by atoms with van der Waals surface area (Å²) >= 11 is 0. The number of aromatic nitrogens is 6. The van der Waals surface area contributed by atoms with Gasteiger partial charge in [0.2, 0.25) is 23.3 Å². The van der Waals surface area contributed by atoms with Crippen molar-refractivity contribution < 1.29 is 291 Å². The summed E-state index contributed by atoms with van der Waals surface area (Å²) in [5.74, 6) is -1.51. The summed E-state index contributed by atoms with van der Waals surface area (Å²) in [7, 11) is 0. The molecule has 0 bridgehead atoms. The number of carbonyl (C=O) groups excluding carboxylic acids is 4. The molecule has 0 spiro atoms. The highest BCUT2D eigenvalue weighted by atomic mass is 19.1. The van der Waals surface area contributed by atoms with Gasteiger partial charge in [-0.05, 0) is 98.9 Å². The fourth-order valence-corrected chi connectivity index (χ4v) is 11.9. The average molecular weight is 1530 g/mol. The van der Waals surface area contributed by atoms with Crippen LogP contribution in [0.15, 0.2) is 97.0 Å². The topological polar surface area (TPSA) is 206 Å². The van der Waals surface area contributed by atoms with Crippen molar-refractivity contribution in [3.8, 4) is 45.3 Å². The van der Waals surface area contributed by atoms with E-state index in [0.29, 0.717) is 101 Å². The number of nitrogens with zero attached hydrogens (tertiary/aromatic N) is 8. The van der Waals surface area contributed by atoms with Crippen LogP contribution in [-0.2, 0) is 55.7 Å². The van der Waals surface area contributed by atoms with E-state index in [1.54, 1.807) is 67.0 Å². The van der Waals surface area contributed by atoms with Crippen molar-refractivity contribution in [3.63, 3.8) is 0 Å². The van der Waals surface area contributed by atoms with E-state index in [1.807, 2.05) is 32.9 Å². The molecule has 4 N–H and O–H groups in total. The quantitative estimate of drug-likeness (QED) is 0.124. The second-order valence-corrected chi connectivity index (χ2v) is 20.2. The van der Waals surface area contributed by atoms with Gasteiger partial charge < -0.3 is 21.1 Å². The number of nitrogens with two attached hydrogens (primary N) is 2. The van der Waals surface area contributed by atoms with Crippen LogP contribution >= 0.6 is 0 Å². The number of primary amides is 2. The van der Waals surface area contributed by atoms with Gasteiger partial charge in [-0.1, -0.05) is 58.0 Å². The van der Waals surface area contributed by atoms with Gasteiger partial charge in [-0.3, -0.25) is 24.4 Å². The minimum absolute atomic E-state index is 0. The number of fused-ring (bicyclic) bond motifs is 6. The fraction of sp³-hybridized carbons (Fsp3) is 0.345. The minimum atomic E-state index is -0.723. The van der Waals surface area contributed by atoms with Gasteiger partial charge in [-0.25, -0.2) is 40.1 Å².